The van der Waals surface area contributed by atoms with Crippen LogP contribution in [0.5, 0.6) is 5.75 Å². The quantitative estimate of drug-likeness (QED) is 0.358. The van der Waals surface area contributed by atoms with E-state index >= 15 is 0 Å². The van der Waals surface area contributed by atoms with Gasteiger partial charge < -0.3 is 15.2 Å². The van der Waals surface area contributed by atoms with Gasteiger partial charge >= 0.3 is 0 Å². The molecule has 10 heteroatoms. The summed E-state index contributed by atoms with van der Waals surface area (Å²) in [6, 6.07) is 8.57. The fourth-order valence-electron chi connectivity index (χ4n) is 4.10. The highest BCUT2D eigenvalue weighted by atomic mass is 79.9. The number of anilines is 1. The van der Waals surface area contributed by atoms with E-state index in [-0.39, 0.29) is 11.6 Å². The van der Waals surface area contributed by atoms with Gasteiger partial charge in [-0.2, -0.15) is 15.0 Å². The van der Waals surface area contributed by atoms with Gasteiger partial charge in [-0.3, -0.25) is 0 Å². The second kappa shape index (κ2) is 9.44. The maximum atomic E-state index is 14.4. The molecule has 3 aromatic heterocycles. The molecule has 4 aromatic rings. The first kappa shape index (κ1) is 22.9. The number of thiophene rings is 1. The van der Waals surface area contributed by atoms with Crippen molar-refractivity contribution >= 4 is 33.1 Å². The summed E-state index contributed by atoms with van der Waals surface area (Å²) in [5.74, 6) is 0.377. The third kappa shape index (κ3) is 4.70. The van der Waals surface area contributed by atoms with E-state index in [1.807, 2.05) is 6.92 Å². The van der Waals surface area contributed by atoms with Crippen molar-refractivity contribution in [2.24, 2.45) is 7.05 Å². The number of hydrogen-bond donors (Lipinski definition) is 1. The molecular weight excluding hydrogens is 521 g/mol. The molecule has 2 N–H and O–H groups in total. The first-order valence-electron chi connectivity index (χ1n) is 10.8. The van der Waals surface area contributed by atoms with Crippen LogP contribution >= 0.6 is 27.3 Å². The molecule has 0 fully saturated rings. The molecule has 0 spiro atoms. The number of rotatable bonds is 6. The number of nitrogens with zero attached hydrogens (tertiary/aromatic N) is 4. The molecule has 0 saturated carbocycles. The Morgan fingerprint density at radius 3 is 2.97 bits per heavy atom. The SMILES string of the molecule is C[C@@H](Oc1cc(Br)cnc1N)c1ccc(F)cc1-c1nn(C)nc1Cc1cc2c(s1)CCOC2. The second-order valence-electron chi connectivity index (χ2n) is 8.15. The van der Waals surface area contributed by atoms with Gasteiger partial charge in [0.05, 0.1) is 18.9 Å². The Labute approximate surface area is 208 Å². The van der Waals surface area contributed by atoms with E-state index in [4.69, 9.17) is 15.2 Å². The molecule has 0 aliphatic carbocycles. The number of nitrogen functional groups attached to an aromatic ring is 1. The van der Waals surface area contributed by atoms with E-state index in [9.17, 15) is 4.39 Å². The predicted molar refractivity (Wildman–Crippen MR) is 132 cm³/mol. The lowest BCUT2D eigenvalue weighted by Gasteiger charge is -2.19. The molecule has 0 saturated heterocycles. The third-order valence-electron chi connectivity index (χ3n) is 5.66. The molecule has 1 atom stereocenters. The Morgan fingerprint density at radius 1 is 1.29 bits per heavy atom. The maximum absolute atomic E-state index is 14.4. The number of halogens is 2. The van der Waals surface area contributed by atoms with Crippen molar-refractivity contribution < 1.29 is 13.9 Å². The Bertz CT molecular complexity index is 1330. The largest absolute Gasteiger partial charge is 0.482 e. The molecule has 0 unspecified atom stereocenters. The van der Waals surface area contributed by atoms with Crippen molar-refractivity contribution in [1.29, 1.82) is 0 Å². The van der Waals surface area contributed by atoms with Crippen molar-refractivity contribution in [3.05, 3.63) is 73.4 Å². The van der Waals surface area contributed by atoms with Crippen molar-refractivity contribution in [2.75, 3.05) is 12.3 Å². The number of ether oxygens (including phenoxy) is 2. The topological polar surface area (TPSA) is 88.1 Å². The van der Waals surface area contributed by atoms with Crippen LogP contribution in [-0.4, -0.2) is 26.6 Å². The molecule has 1 aromatic carbocycles. The van der Waals surface area contributed by atoms with Gasteiger partial charge in [0.25, 0.3) is 0 Å². The lowest BCUT2D eigenvalue weighted by molar-refractivity contribution is 0.112. The first-order chi connectivity index (χ1) is 16.4. The lowest BCUT2D eigenvalue weighted by Crippen LogP contribution is -2.08. The monoisotopic (exact) mass is 543 g/mol. The van der Waals surface area contributed by atoms with Crippen LogP contribution in [0.2, 0.25) is 0 Å². The lowest BCUT2D eigenvalue weighted by atomic mass is 9.98. The number of pyridine rings is 1. The number of nitrogens with two attached hydrogens (primary N) is 1. The molecule has 176 valence electrons. The molecule has 1 aliphatic heterocycles. The van der Waals surface area contributed by atoms with Gasteiger partial charge in [-0.1, -0.05) is 6.07 Å². The number of aromatic nitrogens is 4. The van der Waals surface area contributed by atoms with E-state index in [0.29, 0.717) is 30.0 Å². The van der Waals surface area contributed by atoms with Gasteiger partial charge in [-0.05, 0) is 52.7 Å². The van der Waals surface area contributed by atoms with Gasteiger partial charge in [0.2, 0.25) is 0 Å². The van der Waals surface area contributed by atoms with E-state index in [2.05, 4.69) is 37.2 Å². The van der Waals surface area contributed by atoms with Gasteiger partial charge in [0.15, 0.2) is 11.6 Å². The van der Waals surface area contributed by atoms with Crippen LogP contribution in [-0.2, 0) is 31.2 Å². The summed E-state index contributed by atoms with van der Waals surface area (Å²) in [4.78, 5) is 8.20. The van der Waals surface area contributed by atoms with Crippen LogP contribution in [0.1, 0.15) is 39.6 Å². The highest BCUT2D eigenvalue weighted by Crippen LogP contribution is 2.36. The minimum atomic E-state index is -0.435. The zero-order valence-corrected chi connectivity index (χ0v) is 21.1. The standard InChI is InChI=1S/C24H23BrFN5O2S/c1-13(33-21-8-15(25)11-28-24(21)27)18-4-3-16(26)9-19(18)23-20(29-31(2)30-23)10-17-7-14-12-32-6-5-22(14)34-17/h3-4,7-9,11,13H,5-6,10,12H2,1-2H3,(H2,27,28)/t13-/m1/s1. The van der Waals surface area contributed by atoms with Gasteiger partial charge in [-0.15, -0.1) is 11.3 Å². The van der Waals surface area contributed by atoms with E-state index < -0.39 is 6.10 Å². The number of hydrogen-bond acceptors (Lipinski definition) is 7. The predicted octanol–water partition coefficient (Wildman–Crippen LogP) is 5.23. The zero-order valence-electron chi connectivity index (χ0n) is 18.7. The highest BCUT2D eigenvalue weighted by Gasteiger charge is 2.23. The van der Waals surface area contributed by atoms with Crippen LogP contribution in [0, 0.1) is 5.82 Å². The number of benzene rings is 1. The normalized spacial score (nSPS) is 14.1. The van der Waals surface area contributed by atoms with Crippen molar-refractivity contribution in [2.45, 2.75) is 32.5 Å². The minimum absolute atomic E-state index is 0.282. The molecule has 0 radical (unpaired) electrons. The molecule has 5 rings (SSSR count). The molecule has 4 heterocycles. The minimum Gasteiger partial charge on any atom is -0.482 e. The Balaban J connectivity index is 1.50. The zero-order chi connectivity index (χ0) is 23.8. The van der Waals surface area contributed by atoms with Crippen LogP contribution in [0.3, 0.4) is 0 Å². The summed E-state index contributed by atoms with van der Waals surface area (Å²) in [6.45, 7) is 3.29. The summed E-state index contributed by atoms with van der Waals surface area (Å²) < 4.78 is 26.9. The third-order valence-corrected chi connectivity index (χ3v) is 7.34. The van der Waals surface area contributed by atoms with Crippen molar-refractivity contribution in [3.8, 4) is 17.0 Å². The summed E-state index contributed by atoms with van der Waals surface area (Å²) >= 11 is 5.17. The summed E-state index contributed by atoms with van der Waals surface area (Å²) in [6.07, 6.45) is 2.71. The average Bonchev–Trinajstić information content (AvgIpc) is 3.38. The Kier molecular flexibility index (Phi) is 6.37. The van der Waals surface area contributed by atoms with Crippen molar-refractivity contribution in [1.82, 2.24) is 20.0 Å². The summed E-state index contributed by atoms with van der Waals surface area (Å²) in [5.41, 5.74) is 10.1. The van der Waals surface area contributed by atoms with E-state index in [0.717, 1.165) is 28.8 Å². The van der Waals surface area contributed by atoms with Gasteiger partial charge in [0.1, 0.15) is 17.6 Å². The number of fused-ring (bicyclic) bond motifs is 1. The van der Waals surface area contributed by atoms with Crippen LogP contribution in [0.4, 0.5) is 10.2 Å². The molecular formula is C24H23BrFN5O2S. The fourth-order valence-corrected chi connectivity index (χ4v) is 5.58. The molecule has 0 bridgehead atoms. The van der Waals surface area contributed by atoms with Gasteiger partial charge in [0, 0.05) is 51.4 Å². The smallest absolute Gasteiger partial charge is 0.166 e. The second-order valence-corrected chi connectivity index (χ2v) is 10.3. The van der Waals surface area contributed by atoms with E-state index in [1.54, 1.807) is 36.7 Å². The van der Waals surface area contributed by atoms with Crippen LogP contribution in [0.25, 0.3) is 11.3 Å². The van der Waals surface area contributed by atoms with Gasteiger partial charge in [-0.25, -0.2) is 9.37 Å². The maximum Gasteiger partial charge on any atom is 0.166 e. The summed E-state index contributed by atoms with van der Waals surface area (Å²) in [7, 11) is 1.77. The average molecular weight is 544 g/mol. The van der Waals surface area contributed by atoms with Crippen LogP contribution < -0.4 is 10.5 Å². The molecule has 34 heavy (non-hydrogen) atoms. The van der Waals surface area contributed by atoms with Crippen LogP contribution in [0.15, 0.2) is 41.0 Å². The summed E-state index contributed by atoms with van der Waals surface area (Å²) in [5, 5.41) is 9.21. The highest BCUT2D eigenvalue weighted by molar-refractivity contribution is 9.10. The molecule has 7 nitrogen and oxygen atoms in total. The van der Waals surface area contributed by atoms with E-state index in [1.165, 1.54) is 32.2 Å². The van der Waals surface area contributed by atoms with Crippen molar-refractivity contribution in [3.63, 3.8) is 0 Å². The fraction of sp³-hybridized carbons (Fsp3) is 0.292. The Morgan fingerprint density at radius 2 is 2.15 bits per heavy atom. The molecule has 1 aliphatic rings. The molecule has 0 amide bonds. The first-order valence-corrected chi connectivity index (χ1v) is 12.4. The Hall–Kier alpha value is -2.82. The number of aryl methyl sites for hydroxylation is 1.